The minimum atomic E-state index is -1.91. The second kappa shape index (κ2) is 9.79. The smallest absolute Gasteiger partial charge is 0.200 e. The molecule has 2 aliphatic heterocycles. The van der Waals surface area contributed by atoms with Crippen molar-refractivity contribution in [3.05, 3.63) is 82.4 Å². The van der Waals surface area contributed by atoms with Gasteiger partial charge in [-0.2, -0.15) is 0 Å². The van der Waals surface area contributed by atoms with Gasteiger partial charge < -0.3 is 60.5 Å². The van der Waals surface area contributed by atoms with Gasteiger partial charge in [-0.3, -0.25) is 4.79 Å². The SMILES string of the molecule is O=C1c2ccc(O)cc2O[C@H](c2cc(O)c(O)c(O)c2[C@@H]2c3ccc(O)cc3O[C@H](c3cc(O)c(O)c(O)c3)[C@H]2O)[C@H]1O. The van der Waals surface area contributed by atoms with E-state index in [0.717, 1.165) is 24.3 Å². The molecule has 13 nitrogen and oxygen atoms in total. The Bertz CT molecular complexity index is 1780. The molecule has 6 rings (SSSR count). The zero-order valence-electron chi connectivity index (χ0n) is 21.8. The second-order valence-corrected chi connectivity index (χ2v) is 10.3. The topological polar surface area (TPSA) is 238 Å². The monoisotopic (exact) mass is 592 g/mol. The Hall–Kier alpha value is -5.53. The lowest BCUT2D eigenvalue weighted by molar-refractivity contribution is 0.00465. The van der Waals surface area contributed by atoms with Crippen molar-refractivity contribution in [3.63, 3.8) is 0 Å². The van der Waals surface area contributed by atoms with Crippen molar-refractivity contribution in [3.8, 4) is 57.5 Å². The summed E-state index contributed by atoms with van der Waals surface area (Å²) in [5.41, 5.74) is -0.491. The van der Waals surface area contributed by atoms with Crippen molar-refractivity contribution in [2.45, 2.75) is 30.3 Å². The van der Waals surface area contributed by atoms with Crippen molar-refractivity contribution < 1.29 is 65.3 Å². The largest absolute Gasteiger partial charge is 0.508 e. The van der Waals surface area contributed by atoms with Gasteiger partial charge in [0.15, 0.2) is 52.8 Å². The number of ether oxygens (including phenoxy) is 2. The number of ketones is 1. The molecule has 4 aromatic rings. The fourth-order valence-electron chi connectivity index (χ4n) is 5.61. The molecule has 222 valence electrons. The first-order valence-electron chi connectivity index (χ1n) is 12.8. The molecule has 0 saturated heterocycles. The lowest BCUT2D eigenvalue weighted by atomic mass is 9.76. The number of hydrogen-bond acceptors (Lipinski definition) is 13. The summed E-state index contributed by atoms with van der Waals surface area (Å²) < 4.78 is 11.8. The Kier molecular flexibility index (Phi) is 6.29. The zero-order valence-corrected chi connectivity index (χ0v) is 21.8. The Balaban J connectivity index is 1.58. The molecule has 43 heavy (non-hydrogen) atoms. The highest BCUT2D eigenvalue weighted by Crippen LogP contribution is 2.55. The third-order valence-corrected chi connectivity index (χ3v) is 7.64. The summed E-state index contributed by atoms with van der Waals surface area (Å²) in [6, 6.07) is 10.4. The lowest BCUT2D eigenvalue weighted by Crippen LogP contribution is -2.39. The number of rotatable bonds is 3. The lowest BCUT2D eigenvalue weighted by Gasteiger charge is -2.39. The van der Waals surface area contributed by atoms with Crippen molar-refractivity contribution in [1.82, 2.24) is 0 Å². The molecule has 10 N–H and O–H groups in total. The van der Waals surface area contributed by atoms with Gasteiger partial charge in [0.1, 0.15) is 29.1 Å². The molecule has 0 bridgehead atoms. The van der Waals surface area contributed by atoms with Gasteiger partial charge in [-0.1, -0.05) is 6.07 Å². The Labute approximate surface area is 241 Å². The second-order valence-electron chi connectivity index (χ2n) is 10.3. The third kappa shape index (κ3) is 4.29. The van der Waals surface area contributed by atoms with Gasteiger partial charge in [-0.05, 0) is 36.4 Å². The van der Waals surface area contributed by atoms with Crippen LogP contribution in [0.1, 0.15) is 50.7 Å². The summed E-state index contributed by atoms with van der Waals surface area (Å²) in [6.07, 6.45) is -6.71. The molecule has 0 spiro atoms. The van der Waals surface area contributed by atoms with E-state index in [9.17, 15) is 55.9 Å². The number of aromatic hydroxyl groups is 8. The third-order valence-electron chi connectivity index (χ3n) is 7.64. The van der Waals surface area contributed by atoms with E-state index < -0.39 is 70.6 Å². The van der Waals surface area contributed by atoms with Crippen LogP contribution in [0.15, 0.2) is 54.6 Å². The molecule has 13 heteroatoms. The Morgan fingerprint density at radius 2 is 1.16 bits per heavy atom. The van der Waals surface area contributed by atoms with Crippen LogP contribution in [-0.2, 0) is 0 Å². The van der Waals surface area contributed by atoms with Gasteiger partial charge in [-0.25, -0.2) is 0 Å². The van der Waals surface area contributed by atoms with Crippen LogP contribution in [0.25, 0.3) is 0 Å². The molecule has 0 amide bonds. The first-order chi connectivity index (χ1) is 20.4. The summed E-state index contributed by atoms with van der Waals surface area (Å²) in [7, 11) is 0. The van der Waals surface area contributed by atoms with Crippen LogP contribution in [-0.4, -0.2) is 69.1 Å². The van der Waals surface area contributed by atoms with Gasteiger partial charge in [0, 0.05) is 40.3 Å². The molecule has 0 aromatic heterocycles. The number of phenols is 8. The number of fused-ring (bicyclic) bond motifs is 2. The maximum Gasteiger partial charge on any atom is 0.200 e. The summed E-state index contributed by atoms with van der Waals surface area (Å²) in [5, 5.41) is 105. The van der Waals surface area contributed by atoms with E-state index >= 15 is 0 Å². The highest BCUT2D eigenvalue weighted by molar-refractivity contribution is 6.03. The molecule has 0 unspecified atom stereocenters. The van der Waals surface area contributed by atoms with Crippen LogP contribution >= 0.6 is 0 Å². The molecular weight excluding hydrogens is 568 g/mol. The quantitative estimate of drug-likeness (QED) is 0.154. The maximum atomic E-state index is 13.1. The highest BCUT2D eigenvalue weighted by atomic mass is 16.5. The molecule has 0 saturated carbocycles. The predicted molar refractivity (Wildman–Crippen MR) is 144 cm³/mol. The standard InChI is InChI=1S/C30H24O13/c31-11-1-3-13-19(7-11)42-29(10-5-16(33)24(37)17(34)6-10)27(40)21(13)22-15(9-18(35)25(38)26(22)39)30-28(41)23(36)14-4-2-12(32)8-20(14)43-30/h1-9,21,27-35,37-41H/t21-,27-,28-,29+,30+/m0/s1. The fraction of sp³-hybridized carbons (Fsp3) is 0.167. The van der Waals surface area contributed by atoms with E-state index in [1.54, 1.807) is 0 Å². The molecule has 0 aliphatic carbocycles. The Morgan fingerprint density at radius 3 is 1.84 bits per heavy atom. The van der Waals surface area contributed by atoms with E-state index in [1.807, 2.05) is 0 Å². The molecule has 0 fully saturated rings. The summed E-state index contributed by atoms with van der Waals surface area (Å²) >= 11 is 0. The van der Waals surface area contributed by atoms with E-state index in [4.69, 9.17) is 9.47 Å². The maximum absolute atomic E-state index is 13.1. The predicted octanol–water partition coefficient (Wildman–Crippen LogP) is 2.64. The van der Waals surface area contributed by atoms with Gasteiger partial charge in [0.05, 0.1) is 5.56 Å². The van der Waals surface area contributed by atoms with Gasteiger partial charge in [0.25, 0.3) is 0 Å². The summed E-state index contributed by atoms with van der Waals surface area (Å²) in [5.74, 6) is -7.98. The van der Waals surface area contributed by atoms with Crippen LogP contribution in [0, 0.1) is 0 Å². The van der Waals surface area contributed by atoms with Gasteiger partial charge in [-0.15, -0.1) is 0 Å². The first-order valence-corrected chi connectivity index (χ1v) is 12.8. The average molecular weight is 593 g/mol. The van der Waals surface area contributed by atoms with E-state index in [1.165, 1.54) is 30.3 Å². The van der Waals surface area contributed by atoms with Crippen LogP contribution in [0.3, 0.4) is 0 Å². The summed E-state index contributed by atoms with van der Waals surface area (Å²) in [4.78, 5) is 13.1. The normalized spacial score (nSPS) is 22.7. The number of carbonyl (C=O) groups excluding carboxylic acids is 1. The van der Waals surface area contributed by atoms with Crippen LogP contribution in [0.5, 0.6) is 57.5 Å². The van der Waals surface area contributed by atoms with E-state index in [-0.39, 0.29) is 50.8 Å². The first kappa shape index (κ1) is 27.6. The number of Topliss-reactive ketones (excluding diaryl/α,β-unsaturated/α-hetero) is 1. The molecular formula is C30H24O13. The number of carbonyl (C=O) groups is 1. The van der Waals surface area contributed by atoms with Crippen molar-refractivity contribution in [2.24, 2.45) is 0 Å². The number of hydrogen-bond donors (Lipinski definition) is 10. The van der Waals surface area contributed by atoms with Crippen LogP contribution < -0.4 is 9.47 Å². The van der Waals surface area contributed by atoms with E-state index in [2.05, 4.69) is 0 Å². The minimum Gasteiger partial charge on any atom is -0.508 e. The number of aliphatic hydroxyl groups excluding tert-OH is 2. The van der Waals surface area contributed by atoms with Crippen molar-refractivity contribution in [1.29, 1.82) is 0 Å². The Morgan fingerprint density at radius 1 is 0.581 bits per heavy atom. The van der Waals surface area contributed by atoms with Crippen molar-refractivity contribution in [2.75, 3.05) is 0 Å². The number of benzene rings is 4. The number of aliphatic hydroxyl groups is 2. The van der Waals surface area contributed by atoms with Gasteiger partial charge >= 0.3 is 0 Å². The van der Waals surface area contributed by atoms with Crippen LogP contribution in [0.2, 0.25) is 0 Å². The number of phenolic OH excluding ortho intramolecular Hbond substituents is 8. The molecule has 2 heterocycles. The minimum absolute atomic E-state index is 0.0401. The molecule has 0 radical (unpaired) electrons. The van der Waals surface area contributed by atoms with E-state index in [0.29, 0.717) is 0 Å². The highest BCUT2D eigenvalue weighted by Gasteiger charge is 2.46. The van der Waals surface area contributed by atoms with Gasteiger partial charge in [0.2, 0.25) is 5.75 Å². The van der Waals surface area contributed by atoms with Crippen LogP contribution in [0.4, 0.5) is 0 Å². The van der Waals surface area contributed by atoms with Crippen molar-refractivity contribution >= 4 is 5.78 Å². The summed E-state index contributed by atoms with van der Waals surface area (Å²) in [6.45, 7) is 0. The zero-order chi connectivity index (χ0) is 30.9. The fourth-order valence-corrected chi connectivity index (χ4v) is 5.61. The average Bonchev–Trinajstić information content (AvgIpc) is 2.96. The molecule has 4 aromatic carbocycles. The molecule has 5 atom stereocenters. The molecule has 2 aliphatic rings.